The van der Waals surface area contributed by atoms with Gasteiger partial charge in [0.2, 0.25) is 11.8 Å². The van der Waals surface area contributed by atoms with Crippen LogP contribution >= 0.6 is 0 Å². The number of hydrogen-bond donors (Lipinski definition) is 1. The Morgan fingerprint density at radius 3 is 2.70 bits per heavy atom. The van der Waals surface area contributed by atoms with Crippen LogP contribution < -0.4 is 10.2 Å². The molecule has 9 nitrogen and oxygen atoms in total. The predicted octanol–water partition coefficient (Wildman–Crippen LogP) is 2.34. The Bertz CT molecular complexity index is 953. The number of benzene rings is 1. The Labute approximate surface area is 174 Å². The standard InChI is InChI=1S/C21H25N5O4/c1-13(2)10-17-22-19(30-24-17)15-4-3-9-25(11-15)20(28)14-5-7-16(8-6-14)26-12-18(27)23-21(26)29/h5-8,13,15H,3-4,9-12H2,1-2H3,(H,23,27,29). The molecule has 0 radical (unpaired) electrons. The molecule has 2 aliphatic heterocycles. The van der Waals surface area contributed by atoms with Crippen LogP contribution in [0.25, 0.3) is 0 Å². The van der Waals surface area contributed by atoms with E-state index in [1.165, 1.54) is 4.90 Å². The molecular formula is C21H25N5O4. The quantitative estimate of drug-likeness (QED) is 0.757. The highest BCUT2D eigenvalue weighted by molar-refractivity contribution is 6.12. The zero-order chi connectivity index (χ0) is 21.3. The maximum absolute atomic E-state index is 13.0. The third-order valence-corrected chi connectivity index (χ3v) is 5.35. The molecule has 0 aliphatic carbocycles. The van der Waals surface area contributed by atoms with E-state index in [2.05, 4.69) is 29.3 Å². The van der Waals surface area contributed by atoms with Crippen LogP contribution in [-0.2, 0) is 11.2 Å². The molecule has 158 valence electrons. The summed E-state index contributed by atoms with van der Waals surface area (Å²) in [6.07, 6.45) is 2.54. The van der Waals surface area contributed by atoms with Gasteiger partial charge in [0.1, 0.15) is 6.54 Å². The fourth-order valence-electron chi connectivity index (χ4n) is 3.86. The highest BCUT2D eigenvalue weighted by Crippen LogP contribution is 2.27. The van der Waals surface area contributed by atoms with E-state index in [0.29, 0.717) is 42.0 Å². The van der Waals surface area contributed by atoms with E-state index in [1.807, 2.05) is 4.90 Å². The van der Waals surface area contributed by atoms with Crippen LogP contribution in [0.4, 0.5) is 10.5 Å². The molecule has 9 heteroatoms. The largest absolute Gasteiger partial charge is 0.339 e. The van der Waals surface area contributed by atoms with E-state index in [4.69, 9.17) is 4.52 Å². The van der Waals surface area contributed by atoms with Crippen LogP contribution in [0.3, 0.4) is 0 Å². The van der Waals surface area contributed by atoms with Crippen molar-refractivity contribution in [3.63, 3.8) is 0 Å². The van der Waals surface area contributed by atoms with Gasteiger partial charge in [-0.2, -0.15) is 4.98 Å². The number of anilines is 1. The van der Waals surface area contributed by atoms with E-state index in [9.17, 15) is 14.4 Å². The second kappa shape index (κ2) is 8.25. The molecule has 2 aromatic rings. The van der Waals surface area contributed by atoms with Crippen LogP contribution in [-0.4, -0.2) is 52.5 Å². The number of rotatable bonds is 5. The number of likely N-dealkylation sites (tertiary alicyclic amines) is 1. The Morgan fingerprint density at radius 1 is 1.27 bits per heavy atom. The molecule has 0 spiro atoms. The fourth-order valence-corrected chi connectivity index (χ4v) is 3.86. The number of carbonyl (C=O) groups is 3. The normalized spacial score (nSPS) is 19.5. The smallest absolute Gasteiger partial charge is 0.329 e. The summed E-state index contributed by atoms with van der Waals surface area (Å²) in [4.78, 5) is 43.8. The minimum atomic E-state index is -0.450. The molecule has 2 saturated heterocycles. The Morgan fingerprint density at radius 2 is 2.03 bits per heavy atom. The van der Waals surface area contributed by atoms with E-state index in [-0.39, 0.29) is 24.3 Å². The van der Waals surface area contributed by atoms with Crippen LogP contribution in [0.2, 0.25) is 0 Å². The highest BCUT2D eigenvalue weighted by Gasteiger charge is 2.30. The van der Waals surface area contributed by atoms with E-state index in [0.717, 1.165) is 19.3 Å². The van der Waals surface area contributed by atoms with Crippen molar-refractivity contribution in [1.29, 1.82) is 0 Å². The van der Waals surface area contributed by atoms with Gasteiger partial charge in [-0.25, -0.2) is 4.79 Å². The SMILES string of the molecule is CC(C)Cc1noc(C2CCCN(C(=O)c3ccc(N4CC(=O)NC4=O)cc3)C2)n1. The summed E-state index contributed by atoms with van der Waals surface area (Å²) < 4.78 is 5.46. The minimum Gasteiger partial charge on any atom is -0.339 e. The first-order chi connectivity index (χ1) is 14.4. The van der Waals surface area contributed by atoms with Crippen molar-refractivity contribution in [2.75, 3.05) is 24.5 Å². The molecule has 2 fully saturated rings. The second-order valence-electron chi connectivity index (χ2n) is 8.22. The van der Waals surface area contributed by atoms with Crippen molar-refractivity contribution in [1.82, 2.24) is 20.4 Å². The van der Waals surface area contributed by atoms with Crippen molar-refractivity contribution < 1.29 is 18.9 Å². The average molecular weight is 411 g/mol. The summed E-state index contributed by atoms with van der Waals surface area (Å²) in [5.41, 5.74) is 1.12. The minimum absolute atomic E-state index is 0.0110. The summed E-state index contributed by atoms with van der Waals surface area (Å²) in [5, 5.41) is 6.31. The lowest BCUT2D eigenvalue weighted by atomic mass is 9.97. The van der Waals surface area contributed by atoms with E-state index in [1.54, 1.807) is 24.3 Å². The number of carbonyl (C=O) groups excluding carboxylic acids is 3. The molecule has 1 aromatic carbocycles. The third-order valence-electron chi connectivity index (χ3n) is 5.35. The average Bonchev–Trinajstić information content (AvgIpc) is 3.33. The topological polar surface area (TPSA) is 109 Å². The first-order valence-electron chi connectivity index (χ1n) is 10.2. The molecule has 1 N–H and O–H groups in total. The van der Waals surface area contributed by atoms with Gasteiger partial charge >= 0.3 is 6.03 Å². The summed E-state index contributed by atoms with van der Waals surface area (Å²) >= 11 is 0. The molecule has 0 bridgehead atoms. The van der Waals surface area contributed by atoms with Crippen molar-refractivity contribution in [2.24, 2.45) is 5.92 Å². The van der Waals surface area contributed by atoms with Gasteiger partial charge in [-0.15, -0.1) is 0 Å². The number of nitrogens with one attached hydrogen (secondary N) is 1. The van der Waals surface area contributed by atoms with Crippen molar-refractivity contribution in [3.8, 4) is 0 Å². The van der Waals surface area contributed by atoms with Crippen LogP contribution in [0.15, 0.2) is 28.8 Å². The lowest BCUT2D eigenvalue weighted by molar-refractivity contribution is -0.117. The number of aromatic nitrogens is 2. The van der Waals surface area contributed by atoms with Gasteiger partial charge in [-0.1, -0.05) is 19.0 Å². The summed E-state index contributed by atoms with van der Waals surface area (Å²) in [5.74, 6) is 1.39. The number of imide groups is 1. The summed E-state index contributed by atoms with van der Waals surface area (Å²) in [6.45, 7) is 5.41. The number of piperidine rings is 1. The lowest BCUT2D eigenvalue weighted by Crippen LogP contribution is -2.39. The van der Waals surface area contributed by atoms with Crippen molar-refractivity contribution in [3.05, 3.63) is 41.5 Å². The molecule has 1 unspecified atom stereocenters. The van der Waals surface area contributed by atoms with Crippen molar-refractivity contribution >= 4 is 23.5 Å². The van der Waals surface area contributed by atoms with Gasteiger partial charge in [0.05, 0.1) is 5.92 Å². The fraction of sp³-hybridized carbons (Fsp3) is 0.476. The lowest BCUT2D eigenvalue weighted by Gasteiger charge is -2.31. The number of urea groups is 1. The van der Waals surface area contributed by atoms with Gasteiger partial charge in [-0.3, -0.25) is 19.8 Å². The van der Waals surface area contributed by atoms with Crippen LogP contribution in [0.1, 0.15) is 54.7 Å². The maximum Gasteiger partial charge on any atom is 0.329 e. The maximum atomic E-state index is 13.0. The molecule has 3 heterocycles. The number of nitrogens with zero attached hydrogens (tertiary/aromatic N) is 4. The zero-order valence-electron chi connectivity index (χ0n) is 17.1. The highest BCUT2D eigenvalue weighted by atomic mass is 16.5. The third kappa shape index (κ3) is 4.19. The van der Waals surface area contributed by atoms with Gasteiger partial charge < -0.3 is 9.42 Å². The first-order valence-corrected chi connectivity index (χ1v) is 10.2. The summed E-state index contributed by atoms with van der Waals surface area (Å²) in [6, 6.07) is 6.29. The Hall–Kier alpha value is -3.23. The Balaban J connectivity index is 1.42. The van der Waals surface area contributed by atoms with E-state index < -0.39 is 6.03 Å². The molecule has 0 saturated carbocycles. The van der Waals surface area contributed by atoms with Gasteiger partial charge in [0, 0.05) is 30.8 Å². The first kappa shape index (κ1) is 20.1. The van der Waals surface area contributed by atoms with Crippen molar-refractivity contribution in [2.45, 2.75) is 39.0 Å². The van der Waals surface area contributed by atoms with Gasteiger partial charge in [-0.05, 0) is 43.0 Å². The van der Waals surface area contributed by atoms with Gasteiger partial charge in [0.15, 0.2) is 5.82 Å². The monoisotopic (exact) mass is 411 g/mol. The van der Waals surface area contributed by atoms with Crippen LogP contribution in [0, 0.1) is 5.92 Å². The molecule has 2 aliphatic rings. The molecule has 4 rings (SSSR count). The second-order valence-corrected chi connectivity index (χ2v) is 8.22. The Kier molecular flexibility index (Phi) is 5.52. The van der Waals surface area contributed by atoms with Crippen LogP contribution in [0.5, 0.6) is 0 Å². The molecule has 4 amide bonds. The molecular weight excluding hydrogens is 386 g/mol. The van der Waals surface area contributed by atoms with E-state index >= 15 is 0 Å². The summed E-state index contributed by atoms with van der Waals surface area (Å²) in [7, 11) is 0. The zero-order valence-corrected chi connectivity index (χ0v) is 17.1. The number of hydrogen-bond acceptors (Lipinski definition) is 6. The predicted molar refractivity (Wildman–Crippen MR) is 108 cm³/mol. The van der Waals surface area contributed by atoms with Gasteiger partial charge in [0.25, 0.3) is 5.91 Å². The molecule has 1 atom stereocenters. The molecule has 30 heavy (non-hydrogen) atoms. The number of amides is 4. The molecule has 1 aromatic heterocycles.